The van der Waals surface area contributed by atoms with Gasteiger partial charge < -0.3 is 9.73 Å². The maximum Gasteiger partial charge on any atom is 0.126 e. The second-order valence-electron chi connectivity index (χ2n) is 4.04. The van der Waals surface area contributed by atoms with E-state index in [1.807, 2.05) is 55.5 Å². The highest BCUT2D eigenvalue weighted by atomic mass is 16.3. The molecule has 88 valence electrons. The Morgan fingerprint density at radius 3 is 2.59 bits per heavy atom. The number of para-hydroxylation sites is 1. The molecule has 1 aromatic heterocycles. The van der Waals surface area contributed by atoms with Crippen LogP contribution in [0.3, 0.4) is 0 Å². The van der Waals surface area contributed by atoms with Crippen molar-refractivity contribution in [2.45, 2.75) is 19.4 Å². The van der Waals surface area contributed by atoms with Gasteiger partial charge in [-0.05, 0) is 37.6 Å². The minimum atomic E-state index is 0.142. The summed E-state index contributed by atoms with van der Waals surface area (Å²) in [5.74, 6) is 1.88. The van der Waals surface area contributed by atoms with Crippen LogP contribution in [0.1, 0.15) is 24.0 Å². The molecule has 0 fully saturated rings. The van der Waals surface area contributed by atoms with Crippen LogP contribution in [0, 0.1) is 6.92 Å². The average molecular weight is 227 g/mol. The Morgan fingerprint density at radius 2 is 2.00 bits per heavy atom. The Bertz CT molecular complexity index is 473. The summed E-state index contributed by atoms with van der Waals surface area (Å²) in [5.41, 5.74) is 1.09. The summed E-state index contributed by atoms with van der Waals surface area (Å²) in [6, 6.07) is 14.3. The summed E-state index contributed by atoms with van der Waals surface area (Å²) in [6.45, 7) is 5.75. The van der Waals surface area contributed by atoms with Gasteiger partial charge in [0.25, 0.3) is 0 Å². The highest BCUT2D eigenvalue weighted by molar-refractivity contribution is 5.44. The van der Waals surface area contributed by atoms with E-state index in [9.17, 15) is 0 Å². The minimum Gasteiger partial charge on any atom is -0.464 e. The van der Waals surface area contributed by atoms with Gasteiger partial charge in [-0.25, -0.2) is 0 Å². The Balaban J connectivity index is 2.15. The molecule has 0 unspecified atom stereocenters. The molecule has 0 radical (unpaired) electrons. The molecule has 2 heteroatoms. The predicted octanol–water partition coefficient (Wildman–Crippen LogP) is 4.32. The van der Waals surface area contributed by atoms with Gasteiger partial charge in [0, 0.05) is 5.69 Å². The van der Waals surface area contributed by atoms with E-state index >= 15 is 0 Å². The van der Waals surface area contributed by atoms with E-state index in [0.717, 1.165) is 23.6 Å². The first-order valence-corrected chi connectivity index (χ1v) is 5.78. The van der Waals surface area contributed by atoms with Crippen LogP contribution >= 0.6 is 0 Å². The smallest absolute Gasteiger partial charge is 0.126 e. The van der Waals surface area contributed by atoms with Crippen molar-refractivity contribution in [3.8, 4) is 0 Å². The van der Waals surface area contributed by atoms with Crippen molar-refractivity contribution in [3.63, 3.8) is 0 Å². The van der Waals surface area contributed by atoms with Crippen LogP contribution in [0.5, 0.6) is 0 Å². The number of benzene rings is 1. The van der Waals surface area contributed by atoms with Gasteiger partial charge in [0.2, 0.25) is 0 Å². The molecule has 0 aliphatic rings. The van der Waals surface area contributed by atoms with Crippen molar-refractivity contribution in [3.05, 3.63) is 66.6 Å². The van der Waals surface area contributed by atoms with Crippen molar-refractivity contribution < 1.29 is 4.42 Å². The number of nitrogens with one attached hydrogen (secondary N) is 1. The van der Waals surface area contributed by atoms with E-state index in [-0.39, 0.29) is 6.04 Å². The fourth-order valence-corrected chi connectivity index (χ4v) is 1.79. The normalized spacial score (nSPS) is 12.1. The Labute approximate surface area is 102 Å². The summed E-state index contributed by atoms with van der Waals surface area (Å²) in [4.78, 5) is 0. The topological polar surface area (TPSA) is 25.2 Å². The highest BCUT2D eigenvalue weighted by Gasteiger charge is 2.13. The van der Waals surface area contributed by atoms with Gasteiger partial charge in [-0.15, -0.1) is 6.58 Å². The lowest BCUT2D eigenvalue weighted by molar-refractivity contribution is 0.458. The molecule has 1 heterocycles. The SMILES string of the molecule is C=CC[C@@H](Nc1ccccc1)c1ccc(C)o1. The predicted molar refractivity (Wildman–Crippen MR) is 71.1 cm³/mol. The van der Waals surface area contributed by atoms with E-state index in [0.29, 0.717) is 0 Å². The molecule has 0 saturated carbocycles. The van der Waals surface area contributed by atoms with E-state index in [1.165, 1.54) is 0 Å². The van der Waals surface area contributed by atoms with E-state index in [4.69, 9.17) is 4.42 Å². The molecule has 0 aliphatic carbocycles. The van der Waals surface area contributed by atoms with E-state index in [2.05, 4.69) is 11.9 Å². The fraction of sp³-hybridized carbons (Fsp3) is 0.200. The summed E-state index contributed by atoms with van der Waals surface area (Å²) in [6.07, 6.45) is 2.74. The van der Waals surface area contributed by atoms with E-state index in [1.54, 1.807) is 0 Å². The van der Waals surface area contributed by atoms with Crippen LogP contribution in [-0.2, 0) is 0 Å². The van der Waals surface area contributed by atoms with Gasteiger partial charge in [-0.3, -0.25) is 0 Å². The first-order valence-electron chi connectivity index (χ1n) is 5.78. The van der Waals surface area contributed by atoms with Crippen LogP contribution in [0.25, 0.3) is 0 Å². The van der Waals surface area contributed by atoms with Crippen molar-refractivity contribution >= 4 is 5.69 Å². The zero-order chi connectivity index (χ0) is 12.1. The van der Waals surface area contributed by atoms with Crippen molar-refractivity contribution in [1.82, 2.24) is 0 Å². The summed E-state index contributed by atoms with van der Waals surface area (Å²) in [5, 5.41) is 3.44. The van der Waals surface area contributed by atoms with Crippen LogP contribution < -0.4 is 5.32 Å². The number of hydrogen-bond acceptors (Lipinski definition) is 2. The Kier molecular flexibility index (Phi) is 3.66. The average Bonchev–Trinajstić information content (AvgIpc) is 2.77. The third-order valence-corrected chi connectivity index (χ3v) is 2.62. The molecule has 17 heavy (non-hydrogen) atoms. The lowest BCUT2D eigenvalue weighted by atomic mass is 10.1. The molecule has 0 aliphatic heterocycles. The first kappa shape index (κ1) is 11.5. The number of furan rings is 1. The maximum atomic E-state index is 5.66. The highest BCUT2D eigenvalue weighted by Crippen LogP contribution is 2.24. The standard InChI is InChI=1S/C15H17NO/c1-3-7-14(15-11-10-12(2)17-15)16-13-8-5-4-6-9-13/h3-6,8-11,14,16H,1,7H2,2H3/t14-/m1/s1. The molecule has 0 bridgehead atoms. The Morgan fingerprint density at radius 1 is 1.24 bits per heavy atom. The molecule has 2 nitrogen and oxygen atoms in total. The number of rotatable bonds is 5. The van der Waals surface area contributed by atoms with Crippen molar-refractivity contribution in [2.24, 2.45) is 0 Å². The van der Waals surface area contributed by atoms with Gasteiger partial charge >= 0.3 is 0 Å². The van der Waals surface area contributed by atoms with Crippen molar-refractivity contribution in [2.75, 3.05) is 5.32 Å². The zero-order valence-corrected chi connectivity index (χ0v) is 10.0. The summed E-state index contributed by atoms with van der Waals surface area (Å²) >= 11 is 0. The van der Waals surface area contributed by atoms with Crippen molar-refractivity contribution in [1.29, 1.82) is 0 Å². The molecular formula is C15H17NO. The number of hydrogen-bond donors (Lipinski definition) is 1. The molecule has 0 saturated heterocycles. The largest absolute Gasteiger partial charge is 0.464 e. The van der Waals surface area contributed by atoms with Gasteiger partial charge in [0.15, 0.2) is 0 Å². The van der Waals surface area contributed by atoms with Gasteiger partial charge in [-0.1, -0.05) is 24.3 Å². The zero-order valence-electron chi connectivity index (χ0n) is 10.0. The van der Waals surface area contributed by atoms with Gasteiger partial charge in [0.05, 0.1) is 6.04 Å². The van der Waals surface area contributed by atoms with Crippen LogP contribution in [0.2, 0.25) is 0 Å². The van der Waals surface area contributed by atoms with Crippen LogP contribution in [-0.4, -0.2) is 0 Å². The van der Waals surface area contributed by atoms with E-state index < -0.39 is 0 Å². The summed E-state index contributed by atoms with van der Waals surface area (Å²) in [7, 11) is 0. The second kappa shape index (κ2) is 5.39. The third-order valence-electron chi connectivity index (χ3n) is 2.62. The molecule has 0 spiro atoms. The lowest BCUT2D eigenvalue weighted by Gasteiger charge is -2.16. The van der Waals surface area contributed by atoms with Gasteiger partial charge in [0.1, 0.15) is 11.5 Å². The third kappa shape index (κ3) is 3.00. The molecule has 0 amide bonds. The maximum absolute atomic E-state index is 5.66. The molecular weight excluding hydrogens is 210 g/mol. The molecule has 1 N–H and O–H groups in total. The molecule has 1 atom stereocenters. The molecule has 2 aromatic rings. The number of anilines is 1. The number of aryl methyl sites for hydroxylation is 1. The van der Waals surface area contributed by atoms with Gasteiger partial charge in [-0.2, -0.15) is 0 Å². The summed E-state index contributed by atoms with van der Waals surface area (Å²) < 4.78 is 5.66. The first-order chi connectivity index (χ1) is 8.29. The second-order valence-corrected chi connectivity index (χ2v) is 4.04. The molecule has 1 aromatic carbocycles. The Hall–Kier alpha value is -1.96. The fourth-order valence-electron chi connectivity index (χ4n) is 1.79. The quantitative estimate of drug-likeness (QED) is 0.770. The van der Waals surface area contributed by atoms with Crippen LogP contribution in [0.15, 0.2) is 59.5 Å². The molecule has 2 rings (SSSR count). The lowest BCUT2D eigenvalue weighted by Crippen LogP contribution is -2.08. The minimum absolute atomic E-state index is 0.142. The van der Waals surface area contributed by atoms with Crippen LogP contribution in [0.4, 0.5) is 5.69 Å². The monoisotopic (exact) mass is 227 g/mol.